The molecule has 0 spiro atoms. The molecule has 2 N–H and O–H groups in total. The Labute approximate surface area is 167 Å². The Hall–Kier alpha value is -1.79. The number of piperidine rings is 1. The predicted octanol–water partition coefficient (Wildman–Crippen LogP) is 2.22. The van der Waals surface area contributed by atoms with Gasteiger partial charge >= 0.3 is 0 Å². The Morgan fingerprint density at radius 2 is 1.89 bits per heavy atom. The van der Waals surface area contributed by atoms with Crippen molar-refractivity contribution in [1.29, 1.82) is 0 Å². The first-order valence-corrected chi connectivity index (χ1v) is 9.18. The fourth-order valence-electron chi connectivity index (χ4n) is 4.14. The van der Waals surface area contributed by atoms with Gasteiger partial charge < -0.3 is 20.3 Å². The summed E-state index contributed by atoms with van der Waals surface area (Å²) >= 11 is 0. The van der Waals surface area contributed by atoms with Gasteiger partial charge in [0.2, 0.25) is 11.8 Å². The van der Waals surface area contributed by atoms with Crippen LogP contribution in [-0.4, -0.2) is 54.9 Å². The molecule has 1 aromatic rings. The number of amides is 2. The number of carbonyl (C=O) groups excluding carboxylic acids is 2. The minimum Gasteiger partial charge on any atom is -0.497 e. The molecule has 3 unspecified atom stereocenters. The molecule has 2 saturated heterocycles. The summed E-state index contributed by atoms with van der Waals surface area (Å²) in [6.45, 7) is 5.50. The van der Waals surface area contributed by atoms with Gasteiger partial charge in [0.05, 0.1) is 19.1 Å². The van der Waals surface area contributed by atoms with Crippen molar-refractivity contribution in [2.24, 2.45) is 17.1 Å². The fourth-order valence-corrected chi connectivity index (χ4v) is 4.14. The topological polar surface area (TPSA) is 75.9 Å². The van der Waals surface area contributed by atoms with E-state index in [1.165, 1.54) is 0 Å². The van der Waals surface area contributed by atoms with Gasteiger partial charge in [-0.3, -0.25) is 9.59 Å². The minimum absolute atomic E-state index is 0. The summed E-state index contributed by atoms with van der Waals surface area (Å²) in [6, 6.07) is 7.48. The van der Waals surface area contributed by atoms with Crippen LogP contribution < -0.4 is 10.5 Å². The van der Waals surface area contributed by atoms with E-state index in [0.29, 0.717) is 13.1 Å². The molecule has 2 aliphatic heterocycles. The molecular formula is C20H30ClN3O3. The lowest BCUT2D eigenvalue weighted by Crippen LogP contribution is -2.55. The molecule has 7 heteroatoms. The number of ether oxygens (including phenoxy) is 1. The second-order valence-corrected chi connectivity index (χ2v) is 8.18. The summed E-state index contributed by atoms with van der Waals surface area (Å²) in [7, 11) is 3.40. The highest BCUT2D eigenvalue weighted by atomic mass is 35.5. The smallest absolute Gasteiger partial charge is 0.228 e. The minimum atomic E-state index is -0.356. The molecule has 3 rings (SSSR count). The van der Waals surface area contributed by atoms with E-state index in [0.717, 1.165) is 17.7 Å². The van der Waals surface area contributed by atoms with Gasteiger partial charge in [0, 0.05) is 32.6 Å². The van der Waals surface area contributed by atoms with Gasteiger partial charge in [-0.15, -0.1) is 12.4 Å². The molecule has 6 nitrogen and oxygen atoms in total. The zero-order valence-corrected chi connectivity index (χ0v) is 17.3. The van der Waals surface area contributed by atoms with Gasteiger partial charge in [-0.05, 0) is 29.5 Å². The molecule has 2 fully saturated rings. The van der Waals surface area contributed by atoms with Gasteiger partial charge in [-0.2, -0.15) is 0 Å². The quantitative estimate of drug-likeness (QED) is 0.851. The van der Waals surface area contributed by atoms with Crippen LogP contribution in [0.2, 0.25) is 0 Å². The molecule has 2 heterocycles. The summed E-state index contributed by atoms with van der Waals surface area (Å²) < 4.78 is 5.21. The van der Waals surface area contributed by atoms with Gasteiger partial charge in [-0.1, -0.05) is 26.0 Å². The Kier molecular flexibility index (Phi) is 6.43. The number of benzene rings is 1. The van der Waals surface area contributed by atoms with E-state index in [-0.39, 0.29) is 54.1 Å². The maximum absolute atomic E-state index is 13.3. The summed E-state index contributed by atoms with van der Waals surface area (Å²) in [5, 5.41) is 0. The second kappa shape index (κ2) is 8.07. The van der Waals surface area contributed by atoms with Crippen LogP contribution in [0.5, 0.6) is 5.75 Å². The van der Waals surface area contributed by atoms with Crippen molar-refractivity contribution in [2.45, 2.75) is 38.8 Å². The summed E-state index contributed by atoms with van der Waals surface area (Å²) in [5.41, 5.74) is 7.06. The zero-order valence-electron chi connectivity index (χ0n) is 16.5. The monoisotopic (exact) mass is 395 g/mol. The first-order chi connectivity index (χ1) is 12.2. The van der Waals surface area contributed by atoms with Gasteiger partial charge in [0.25, 0.3) is 0 Å². The van der Waals surface area contributed by atoms with Crippen LogP contribution in [0.3, 0.4) is 0 Å². The number of likely N-dealkylation sites (tertiary alicyclic amines) is 2. The highest BCUT2D eigenvalue weighted by molar-refractivity contribution is 5.90. The van der Waals surface area contributed by atoms with E-state index in [2.05, 4.69) is 13.8 Å². The third kappa shape index (κ3) is 4.06. The second-order valence-electron chi connectivity index (χ2n) is 8.18. The largest absolute Gasteiger partial charge is 0.497 e. The predicted molar refractivity (Wildman–Crippen MR) is 107 cm³/mol. The maximum Gasteiger partial charge on any atom is 0.228 e. The molecule has 0 saturated carbocycles. The van der Waals surface area contributed by atoms with Crippen molar-refractivity contribution >= 4 is 24.2 Å². The standard InChI is InChI=1S/C20H29N3O3.ClH/c1-20(2)12-23(10-9-16(20)21)19(25)15-11-17(24)22(3)18(15)13-5-7-14(26-4)8-6-13;/h5-8,15-16,18H,9-12,21H2,1-4H3;1H. The lowest BCUT2D eigenvalue weighted by atomic mass is 9.79. The number of rotatable bonds is 3. The lowest BCUT2D eigenvalue weighted by Gasteiger charge is -2.43. The average molecular weight is 396 g/mol. The highest BCUT2D eigenvalue weighted by Gasteiger charge is 2.46. The molecule has 0 bridgehead atoms. The van der Waals surface area contributed by atoms with Crippen molar-refractivity contribution in [3.63, 3.8) is 0 Å². The lowest BCUT2D eigenvalue weighted by molar-refractivity contribution is -0.140. The van der Waals surface area contributed by atoms with Crippen LogP contribution in [0.25, 0.3) is 0 Å². The third-order valence-electron chi connectivity index (χ3n) is 5.98. The van der Waals surface area contributed by atoms with Crippen molar-refractivity contribution in [3.8, 4) is 5.75 Å². The first kappa shape index (κ1) is 21.5. The molecule has 2 amide bonds. The third-order valence-corrected chi connectivity index (χ3v) is 5.98. The Balaban J connectivity index is 0.00000261. The van der Waals surface area contributed by atoms with E-state index in [4.69, 9.17) is 10.5 Å². The fraction of sp³-hybridized carbons (Fsp3) is 0.600. The number of hydrogen-bond acceptors (Lipinski definition) is 4. The van der Waals surface area contributed by atoms with Gasteiger partial charge in [0.15, 0.2) is 0 Å². The Morgan fingerprint density at radius 3 is 2.44 bits per heavy atom. The molecule has 0 radical (unpaired) electrons. The van der Waals surface area contributed by atoms with Gasteiger partial charge in [0.1, 0.15) is 5.75 Å². The summed E-state index contributed by atoms with van der Waals surface area (Å²) in [6.07, 6.45) is 1.05. The van der Waals surface area contributed by atoms with Crippen LogP contribution in [-0.2, 0) is 9.59 Å². The van der Waals surface area contributed by atoms with E-state index in [1.807, 2.05) is 29.2 Å². The number of halogens is 1. The number of carbonyl (C=O) groups is 2. The molecule has 0 aliphatic carbocycles. The van der Waals surface area contributed by atoms with Crippen LogP contribution in [0, 0.1) is 11.3 Å². The Morgan fingerprint density at radius 1 is 1.26 bits per heavy atom. The zero-order chi connectivity index (χ0) is 19.1. The van der Waals surface area contributed by atoms with Crippen molar-refractivity contribution in [2.75, 3.05) is 27.2 Å². The molecule has 2 aliphatic rings. The normalized spacial score (nSPS) is 27.3. The van der Waals surface area contributed by atoms with E-state index in [1.54, 1.807) is 19.1 Å². The van der Waals surface area contributed by atoms with Crippen LogP contribution in [0.15, 0.2) is 24.3 Å². The summed E-state index contributed by atoms with van der Waals surface area (Å²) in [5.74, 6) is 0.474. The van der Waals surface area contributed by atoms with Crippen molar-refractivity contribution in [3.05, 3.63) is 29.8 Å². The molecule has 1 aromatic carbocycles. The summed E-state index contributed by atoms with van der Waals surface area (Å²) in [4.78, 5) is 29.2. The van der Waals surface area contributed by atoms with Crippen molar-refractivity contribution in [1.82, 2.24) is 9.80 Å². The van der Waals surface area contributed by atoms with E-state index < -0.39 is 0 Å². The molecule has 3 atom stereocenters. The highest BCUT2D eigenvalue weighted by Crippen LogP contribution is 2.40. The first-order valence-electron chi connectivity index (χ1n) is 9.18. The van der Waals surface area contributed by atoms with Crippen LogP contribution in [0.4, 0.5) is 0 Å². The van der Waals surface area contributed by atoms with Crippen molar-refractivity contribution < 1.29 is 14.3 Å². The van der Waals surface area contributed by atoms with Gasteiger partial charge in [-0.25, -0.2) is 0 Å². The maximum atomic E-state index is 13.3. The molecule has 0 aromatic heterocycles. The number of nitrogens with zero attached hydrogens (tertiary/aromatic N) is 2. The number of hydrogen-bond donors (Lipinski definition) is 1. The molecule has 150 valence electrons. The van der Waals surface area contributed by atoms with E-state index in [9.17, 15) is 9.59 Å². The van der Waals surface area contributed by atoms with Crippen LogP contribution >= 0.6 is 12.4 Å². The molecule has 27 heavy (non-hydrogen) atoms. The SMILES string of the molecule is COc1ccc(C2C(C(=O)N3CCC(N)C(C)(C)C3)CC(=O)N2C)cc1.Cl. The van der Waals surface area contributed by atoms with E-state index >= 15 is 0 Å². The Bertz CT molecular complexity index is 692. The number of methoxy groups -OCH3 is 1. The van der Waals surface area contributed by atoms with Crippen LogP contribution in [0.1, 0.15) is 38.3 Å². The average Bonchev–Trinajstić information content (AvgIpc) is 2.92. The molecular weight excluding hydrogens is 366 g/mol. The number of nitrogens with two attached hydrogens (primary N) is 1.